The lowest BCUT2D eigenvalue weighted by Gasteiger charge is -2.09. The van der Waals surface area contributed by atoms with E-state index >= 15 is 0 Å². The second kappa shape index (κ2) is 5.35. The molecule has 2 rings (SSSR count). The molecule has 0 saturated heterocycles. The van der Waals surface area contributed by atoms with Gasteiger partial charge < -0.3 is 14.8 Å². The topological polar surface area (TPSA) is 56.3 Å². The minimum absolute atomic E-state index is 0.677. The molecule has 1 aromatic carbocycles. The Morgan fingerprint density at radius 3 is 2.11 bits per heavy atom. The average Bonchev–Trinajstić information content (AvgIpc) is 2.41. The predicted octanol–water partition coefficient (Wildman–Crippen LogP) is 2.55. The van der Waals surface area contributed by atoms with Crippen molar-refractivity contribution in [3.8, 4) is 11.5 Å². The first kappa shape index (κ1) is 12.2. The van der Waals surface area contributed by atoms with Crippen LogP contribution >= 0.6 is 0 Å². The molecule has 0 amide bonds. The van der Waals surface area contributed by atoms with Gasteiger partial charge in [-0.2, -0.15) is 5.10 Å². The molecule has 0 spiro atoms. The Morgan fingerprint density at radius 2 is 1.61 bits per heavy atom. The molecule has 2 aromatic rings. The fourth-order valence-electron chi connectivity index (χ4n) is 1.49. The van der Waals surface area contributed by atoms with Crippen molar-refractivity contribution in [2.45, 2.75) is 6.92 Å². The van der Waals surface area contributed by atoms with E-state index in [1.54, 1.807) is 14.2 Å². The third kappa shape index (κ3) is 2.88. The number of methoxy groups -OCH3 is 2. The minimum Gasteiger partial charge on any atom is -0.497 e. The van der Waals surface area contributed by atoms with Crippen molar-refractivity contribution in [3.63, 3.8) is 0 Å². The van der Waals surface area contributed by atoms with Crippen LogP contribution in [0.15, 0.2) is 30.3 Å². The van der Waals surface area contributed by atoms with Crippen molar-refractivity contribution < 1.29 is 9.47 Å². The molecule has 1 N–H and O–H groups in total. The fraction of sp³-hybridized carbons (Fsp3) is 0.231. The van der Waals surface area contributed by atoms with Gasteiger partial charge in [-0.25, -0.2) is 0 Å². The Bertz CT molecular complexity index is 504. The molecule has 94 valence electrons. The van der Waals surface area contributed by atoms with Crippen molar-refractivity contribution in [1.82, 2.24) is 10.2 Å². The van der Waals surface area contributed by atoms with Gasteiger partial charge in [0.1, 0.15) is 11.5 Å². The summed E-state index contributed by atoms with van der Waals surface area (Å²) >= 11 is 0. The number of ether oxygens (including phenoxy) is 2. The first-order valence-electron chi connectivity index (χ1n) is 5.51. The zero-order chi connectivity index (χ0) is 13.0. The summed E-state index contributed by atoms with van der Waals surface area (Å²) in [5.41, 5.74) is 1.72. The summed E-state index contributed by atoms with van der Waals surface area (Å²) in [6.07, 6.45) is 0. The molecule has 0 aliphatic rings. The molecular weight excluding hydrogens is 230 g/mol. The van der Waals surface area contributed by atoms with E-state index in [0.29, 0.717) is 5.82 Å². The molecule has 0 bridgehead atoms. The Balaban J connectivity index is 2.25. The number of hydrogen-bond donors (Lipinski definition) is 1. The summed E-state index contributed by atoms with van der Waals surface area (Å²) in [5, 5.41) is 11.2. The van der Waals surface area contributed by atoms with Crippen molar-refractivity contribution in [2.75, 3.05) is 19.5 Å². The first-order valence-corrected chi connectivity index (χ1v) is 5.51. The molecule has 5 nitrogen and oxygen atoms in total. The van der Waals surface area contributed by atoms with Crippen LogP contribution in [0.4, 0.5) is 11.5 Å². The number of anilines is 2. The maximum absolute atomic E-state index is 5.20. The van der Waals surface area contributed by atoms with Gasteiger partial charge in [0.2, 0.25) is 0 Å². The molecule has 18 heavy (non-hydrogen) atoms. The number of hydrogen-bond acceptors (Lipinski definition) is 5. The van der Waals surface area contributed by atoms with Crippen LogP contribution in [0.25, 0.3) is 0 Å². The van der Waals surface area contributed by atoms with Crippen molar-refractivity contribution in [3.05, 3.63) is 36.0 Å². The predicted molar refractivity (Wildman–Crippen MR) is 69.6 cm³/mol. The number of benzene rings is 1. The maximum Gasteiger partial charge on any atom is 0.153 e. The van der Waals surface area contributed by atoms with Crippen LogP contribution in [0.1, 0.15) is 5.69 Å². The summed E-state index contributed by atoms with van der Waals surface area (Å²) in [6, 6.07) is 9.31. The van der Waals surface area contributed by atoms with E-state index < -0.39 is 0 Å². The van der Waals surface area contributed by atoms with Gasteiger partial charge >= 0.3 is 0 Å². The van der Waals surface area contributed by atoms with Crippen LogP contribution in [0, 0.1) is 6.92 Å². The molecule has 0 fully saturated rings. The van der Waals surface area contributed by atoms with E-state index in [2.05, 4.69) is 15.5 Å². The largest absolute Gasteiger partial charge is 0.497 e. The van der Waals surface area contributed by atoms with Crippen LogP contribution in [0.2, 0.25) is 0 Å². The number of aromatic nitrogens is 2. The first-order chi connectivity index (χ1) is 8.71. The van der Waals surface area contributed by atoms with Crippen molar-refractivity contribution in [1.29, 1.82) is 0 Å². The average molecular weight is 245 g/mol. The molecule has 0 unspecified atom stereocenters. The Kier molecular flexibility index (Phi) is 3.62. The molecule has 1 heterocycles. The monoisotopic (exact) mass is 245 g/mol. The minimum atomic E-state index is 0.677. The highest BCUT2D eigenvalue weighted by atomic mass is 16.5. The van der Waals surface area contributed by atoms with Crippen LogP contribution in [-0.2, 0) is 0 Å². The van der Waals surface area contributed by atoms with Gasteiger partial charge in [0.25, 0.3) is 0 Å². The molecule has 0 atom stereocenters. The van der Waals surface area contributed by atoms with E-state index in [4.69, 9.17) is 9.47 Å². The lowest BCUT2D eigenvalue weighted by Crippen LogP contribution is -1.97. The van der Waals surface area contributed by atoms with E-state index in [9.17, 15) is 0 Å². The van der Waals surface area contributed by atoms with Crippen LogP contribution in [0.3, 0.4) is 0 Å². The quantitative estimate of drug-likeness (QED) is 0.897. The van der Waals surface area contributed by atoms with Gasteiger partial charge in [-0.1, -0.05) is 0 Å². The smallest absolute Gasteiger partial charge is 0.153 e. The molecule has 5 heteroatoms. The second-order valence-electron chi connectivity index (χ2n) is 3.79. The third-order valence-corrected chi connectivity index (χ3v) is 2.42. The van der Waals surface area contributed by atoms with Gasteiger partial charge in [0.05, 0.1) is 19.9 Å². The van der Waals surface area contributed by atoms with Crippen LogP contribution in [-0.4, -0.2) is 24.4 Å². The molecule has 0 saturated carbocycles. The molecule has 1 aromatic heterocycles. The maximum atomic E-state index is 5.20. The zero-order valence-corrected chi connectivity index (χ0v) is 10.6. The highest BCUT2D eigenvalue weighted by Gasteiger charge is 2.03. The number of aryl methyl sites for hydroxylation is 1. The highest BCUT2D eigenvalue weighted by molar-refractivity contribution is 5.60. The number of nitrogens with one attached hydrogen (secondary N) is 1. The Labute approximate surface area is 106 Å². The van der Waals surface area contributed by atoms with Gasteiger partial charge in [-0.3, -0.25) is 0 Å². The lowest BCUT2D eigenvalue weighted by molar-refractivity contribution is 0.395. The number of rotatable bonds is 4. The number of nitrogens with zero attached hydrogens (tertiary/aromatic N) is 2. The Hall–Kier alpha value is -2.30. The van der Waals surface area contributed by atoms with Gasteiger partial charge in [0.15, 0.2) is 5.82 Å². The van der Waals surface area contributed by atoms with Gasteiger partial charge in [-0.15, -0.1) is 5.10 Å². The Morgan fingerprint density at radius 1 is 0.944 bits per heavy atom. The normalized spacial score (nSPS) is 9.94. The van der Waals surface area contributed by atoms with Crippen molar-refractivity contribution >= 4 is 11.5 Å². The van der Waals surface area contributed by atoms with Crippen LogP contribution < -0.4 is 14.8 Å². The van der Waals surface area contributed by atoms with E-state index in [1.165, 1.54) is 0 Å². The SMILES string of the molecule is COc1cc(Nc2ccc(C)nn2)cc(OC)c1. The van der Waals surface area contributed by atoms with E-state index in [1.807, 2.05) is 37.3 Å². The highest BCUT2D eigenvalue weighted by Crippen LogP contribution is 2.27. The summed E-state index contributed by atoms with van der Waals surface area (Å²) in [4.78, 5) is 0. The lowest BCUT2D eigenvalue weighted by atomic mass is 10.2. The summed E-state index contributed by atoms with van der Waals surface area (Å²) < 4.78 is 10.4. The molecule has 0 aliphatic heterocycles. The molecular formula is C13H15N3O2. The summed E-state index contributed by atoms with van der Waals surface area (Å²) in [6.45, 7) is 1.89. The van der Waals surface area contributed by atoms with E-state index in [0.717, 1.165) is 22.9 Å². The fourth-order valence-corrected chi connectivity index (χ4v) is 1.49. The van der Waals surface area contributed by atoms with Gasteiger partial charge in [0, 0.05) is 23.9 Å². The molecule has 0 aliphatic carbocycles. The van der Waals surface area contributed by atoms with Gasteiger partial charge in [-0.05, 0) is 19.1 Å². The second-order valence-corrected chi connectivity index (χ2v) is 3.79. The standard InChI is InChI=1S/C13H15N3O2/c1-9-4-5-13(16-15-9)14-10-6-11(17-2)8-12(7-10)18-3/h4-8H,1-3H3,(H,14,16). The summed E-state index contributed by atoms with van der Waals surface area (Å²) in [7, 11) is 3.23. The van der Waals surface area contributed by atoms with Crippen LogP contribution in [0.5, 0.6) is 11.5 Å². The zero-order valence-electron chi connectivity index (χ0n) is 10.6. The molecule has 0 radical (unpaired) electrons. The van der Waals surface area contributed by atoms with Crippen molar-refractivity contribution in [2.24, 2.45) is 0 Å². The third-order valence-electron chi connectivity index (χ3n) is 2.42. The summed E-state index contributed by atoms with van der Waals surface area (Å²) in [5.74, 6) is 2.12. The van der Waals surface area contributed by atoms with E-state index in [-0.39, 0.29) is 0 Å².